The molecule has 2 bridgehead atoms. The molecule has 6 nitrogen and oxygen atoms in total. The van der Waals surface area contributed by atoms with E-state index in [0.29, 0.717) is 29.4 Å². The van der Waals surface area contributed by atoms with Crippen molar-refractivity contribution in [3.8, 4) is 17.0 Å². The van der Waals surface area contributed by atoms with E-state index in [9.17, 15) is 5.11 Å². The predicted molar refractivity (Wildman–Crippen MR) is 120 cm³/mol. The fourth-order valence-corrected chi connectivity index (χ4v) is 4.97. The fourth-order valence-electron chi connectivity index (χ4n) is 4.97. The van der Waals surface area contributed by atoms with Crippen LogP contribution in [0.5, 0.6) is 5.75 Å². The van der Waals surface area contributed by atoms with Crippen LogP contribution in [0, 0.1) is 0 Å². The third-order valence-corrected chi connectivity index (χ3v) is 6.67. The summed E-state index contributed by atoms with van der Waals surface area (Å²) in [6, 6.07) is 11.5. The number of phenolic OH excluding ortho intramolecular Hbond substituents is 1. The quantitative estimate of drug-likeness (QED) is 0.816. The lowest BCUT2D eigenvalue weighted by Crippen LogP contribution is -2.47. The molecule has 3 aliphatic rings. The zero-order valence-corrected chi connectivity index (χ0v) is 17.6. The summed E-state index contributed by atoms with van der Waals surface area (Å²) in [7, 11) is 4.16. The third kappa shape index (κ3) is 3.67. The molecular formula is C24H29N5O. The predicted octanol–water partition coefficient (Wildman–Crippen LogP) is 3.41. The maximum Gasteiger partial charge on any atom is 0.151 e. The van der Waals surface area contributed by atoms with Crippen LogP contribution in [0.1, 0.15) is 31.2 Å². The smallest absolute Gasteiger partial charge is 0.151 e. The topological polar surface area (TPSA) is 64.5 Å². The van der Waals surface area contributed by atoms with Crippen LogP contribution in [-0.4, -0.2) is 59.0 Å². The van der Waals surface area contributed by atoms with Crippen molar-refractivity contribution < 1.29 is 5.11 Å². The Bertz CT molecular complexity index is 972. The molecule has 0 amide bonds. The minimum absolute atomic E-state index is 0.223. The van der Waals surface area contributed by atoms with Gasteiger partial charge in [0.1, 0.15) is 5.75 Å². The third-order valence-electron chi connectivity index (χ3n) is 6.67. The number of aromatic nitrogens is 2. The largest absolute Gasteiger partial charge is 0.507 e. The van der Waals surface area contributed by atoms with Gasteiger partial charge in [-0.1, -0.05) is 18.2 Å². The molecule has 0 unspecified atom stereocenters. The molecule has 0 saturated carbocycles. The first-order valence-electron chi connectivity index (χ1n) is 10.8. The average molecular weight is 404 g/mol. The van der Waals surface area contributed by atoms with Crippen molar-refractivity contribution in [2.45, 2.75) is 43.8 Å². The van der Waals surface area contributed by atoms with Crippen molar-refractivity contribution in [2.75, 3.05) is 25.5 Å². The standard InChI is InChI=1S/C24H29N5O/c1-28-11-3-4-17(15-28)16-5-8-21(23(30)12-16)22-9-10-24(27-26-22)29(2)20-13-18-6-7-19(14-20)25-18/h3-5,8-10,12,15,18-20,25,30H,6-7,11,13-14H2,1-2H3/t18-,19+,20+. The molecule has 2 fully saturated rings. The highest BCUT2D eigenvalue weighted by Crippen LogP contribution is 2.33. The minimum atomic E-state index is 0.223. The van der Waals surface area contributed by atoms with Gasteiger partial charge in [-0.2, -0.15) is 0 Å². The molecule has 6 heteroatoms. The number of nitrogens with one attached hydrogen (secondary N) is 1. The van der Waals surface area contributed by atoms with Gasteiger partial charge in [-0.25, -0.2) is 0 Å². The summed E-state index contributed by atoms with van der Waals surface area (Å²) in [5.74, 6) is 1.11. The molecule has 30 heavy (non-hydrogen) atoms. The van der Waals surface area contributed by atoms with E-state index in [0.717, 1.165) is 36.3 Å². The molecule has 2 N–H and O–H groups in total. The number of anilines is 1. The minimum Gasteiger partial charge on any atom is -0.507 e. The molecule has 2 aromatic rings. The Labute approximate surface area is 177 Å². The lowest BCUT2D eigenvalue weighted by Gasteiger charge is -2.36. The SMILES string of the molecule is CN1C=C(c2ccc(-c3ccc(N(C)[C@H]4C[C@H]5CC[C@@H](C4)N5)nn3)c(O)c2)C=CC1. The van der Waals surface area contributed by atoms with E-state index in [2.05, 4.69) is 50.7 Å². The molecule has 0 spiro atoms. The van der Waals surface area contributed by atoms with Crippen LogP contribution >= 0.6 is 0 Å². The van der Waals surface area contributed by atoms with Crippen LogP contribution in [0.25, 0.3) is 16.8 Å². The van der Waals surface area contributed by atoms with Gasteiger partial charge < -0.3 is 20.2 Å². The Balaban J connectivity index is 1.33. The number of allylic oxidation sites excluding steroid dienone is 2. The van der Waals surface area contributed by atoms with Crippen LogP contribution in [0.2, 0.25) is 0 Å². The number of piperidine rings is 1. The van der Waals surface area contributed by atoms with Crippen molar-refractivity contribution in [3.05, 3.63) is 54.2 Å². The van der Waals surface area contributed by atoms with E-state index in [1.807, 2.05) is 31.3 Å². The Kier molecular flexibility index (Phi) is 4.95. The van der Waals surface area contributed by atoms with Gasteiger partial charge in [0, 0.05) is 50.5 Å². The van der Waals surface area contributed by atoms with Gasteiger partial charge in [-0.05, 0) is 61.1 Å². The van der Waals surface area contributed by atoms with E-state index >= 15 is 0 Å². The van der Waals surface area contributed by atoms with Gasteiger partial charge in [0.15, 0.2) is 5.82 Å². The molecule has 2 saturated heterocycles. The molecule has 1 aromatic heterocycles. The Morgan fingerprint density at radius 3 is 2.57 bits per heavy atom. The van der Waals surface area contributed by atoms with E-state index in [1.54, 1.807) is 6.07 Å². The fraction of sp³-hybridized carbons (Fsp3) is 0.417. The number of nitrogens with zero attached hydrogens (tertiary/aromatic N) is 4. The summed E-state index contributed by atoms with van der Waals surface area (Å²) in [6.45, 7) is 0.905. The Morgan fingerprint density at radius 1 is 1.10 bits per heavy atom. The second-order valence-corrected chi connectivity index (χ2v) is 8.81. The Morgan fingerprint density at radius 2 is 1.90 bits per heavy atom. The lowest BCUT2D eigenvalue weighted by atomic mass is 9.98. The molecule has 1 aromatic carbocycles. The van der Waals surface area contributed by atoms with Gasteiger partial charge >= 0.3 is 0 Å². The monoisotopic (exact) mass is 403 g/mol. The van der Waals surface area contributed by atoms with Crippen LogP contribution in [0.3, 0.4) is 0 Å². The number of benzene rings is 1. The summed E-state index contributed by atoms with van der Waals surface area (Å²) in [4.78, 5) is 4.39. The number of hydrogen-bond donors (Lipinski definition) is 2. The van der Waals surface area contributed by atoms with Gasteiger partial charge in [-0.3, -0.25) is 0 Å². The first-order valence-corrected chi connectivity index (χ1v) is 10.8. The van der Waals surface area contributed by atoms with E-state index < -0.39 is 0 Å². The first kappa shape index (κ1) is 19.1. The summed E-state index contributed by atoms with van der Waals surface area (Å²) < 4.78 is 0. The molecule has 156 valence electrons. The molecule has 3 atom stereocenters. The molecule has 0 radical (unpaired) electrons. The van der Waals surface area contributed by atoms with Gasteiger partial charge in [-0.15, -0.1) is 10.2 Å². The van der Waals surface area contributed by atoms with Gasteiger partial charge in [0.2, 0.25) is 0 Å². The van der Waals surface area contributed by atoms with Crippen LogP contribution in [0.15, 0.2) is 48.7 Å². The van der Waals surface area contributed by atoms with E-state index in [-0.39, 0.29) is 5.75 Å². The first-order chi connectivity index (χ1) is 14.6. The van der Waals surface area contributed by atoms with Crippen molar-refractivity contribution in [3.63, 3.8) is 0 Å². The zero-order valence-electron chi connectivity index (χ0n) is 17.6. The van der Waals surface area contributed by atoms with Crippen molar-refractivity contribution in [2.24, 2.45) is 0 Å². The summed E-state index contributed by atoms with van der Waals surface area (Å²) in [5, 5.41) is 23.2. The second-order valence-electron chi connectivity index (χ2n) is 8.81. The van der Waals surface area contributed by atoms with E-state index in [4.69, 9.17) is 0 Å². The van der Waals surface area contributed by atoms with Crippen molar-refractivity contribution in [1.82, 2.24) is 20.4 Å². The molecule has 5 rings (SSSR count). The number of fused-ring (bicyclic) bond motifs is 2. The van der Waals surface area contributed by atoms with E-state index in [1.165, 1.54) is 12.8 Å². The van der Waals surface area contributed by atoms with Gasteiger partial charge in [0.25, 0.3) is 0 Å². The molecule has 0 aliphatic carbocycles. The Hall–Kier alpha value is -2.86. The number of rotatable bonds is 4. The maximum atomic E-state index is 10.6. The highest BCUT2D eigenvalue weighted by molar-refractivity contribution is 5.78. The van der Waals surface area contributed by atoms with Crippen LogP contribution < -0.4 is 10.2 Å². The van der Waals surface area contributed by atoms with Gasteiger partial charge in [0.05, 0.1) is 5.69 Å². The number of aromatic hydroxyl groups is 1. The maximum absolute atomic E-state index is 10.6. The zero-order chi connectivity index (χ0) is 20.7. The number of hydrogen-bond acceptors (Lipinski definition) is 6. The summed E-state index contributed by atoms with van der Waals surface area (Å²) in [6.07, 6.45) is 11.2. The molecular weight excluding hydrogens is 374 g/mol. The lowest BCUT2D eigenvalue weighted by molar-refractivity contribution is 0.353. The average Bonchev–Trinajstić information content (AvgIpc) is 3.10. The summed E-state index contributed by atoms with van der Waals surface area (Å²) >= 11 is 0. The normalized spacial score (nSPS) is 25.3. The van der Waals surface area contributed by atoms with Crippen LogP contribution in [0.4, 0.5) is 5.82 Å². The number of likely N-dealkylation sites (N-methyl/N-ethyl adjacent to an activating group) is 1. The van der Waals surface area contributed by atoms with Crippen molar-refractivity contribution in [1.29, 1.82) is 0 Å². The van der Waals surface area contributed by atoms with Crippen LogP contribution in [-0.2, 0) is 0 Å². The van der Waals surface area contributed by atoms with Crippen molar-refractivity contribution >= 4 is 11.4 Å². The highest BCUT2D eigenvalue weighted by Gasteiger charge is 2.35. The molecule has 4 heterocycles. The molecule has 3 aliphatic heterocycles. The highest BCUT2D eigenvalue weighted by atomic mass is 16.3. The second kappa shape index (κ2) is 7.76. The summed E-state index contributed by atoms with van der Waals surface area (Å²) in [5.41, 5.74) is 3.47. The number of phenols is 1.